The highest BCUT2D eigenvalue weighted by molar-refractivity contribution is 9.10. The summed E-state index contributed by atoms with van der Waals surface area (Å²) in [5, 5.41) is 12.2. The molecule has 6 heteroatoms. The fourth-order valence-corrected chi connectivity index (χ4v) is 3.63. The quantitative estimate of drug-likeness (QED) is 0.205. The van der Waals surface area contributed by atoms with Crippen molar-refractivity contribution in [2.45, 2.75) is 45.4 Å². The van der Waals surface area contributed by atoms with Crippen LogP contribution in [0.5, 0.6) is 11.5 Å². The molecule has 0 unspecified atom stereocenters. The van der Waals surface area contributed by atoms with Gasteiger partial charge in [0.2, 0.25) is 0 Å². The molecule has 2 aromatic rings. The smallest absolute Gasteiger partial charge is 0.266 e. The standard InChI is InChI=1S/C25H29BrN2O3/c1-3-4-5-6-7-11-14-31-24-22(26)16-19(17-23(24)30-2)15-20(18-27)25(29)28-21-12-9-8-10-13-21/h8-10,12-13,15-17H,3-7,11,14H2,1-2H3,(H,28,29). The Kier molecular flexibility index (Phi) is 10.7. The van der Waals surface area contributed by atoms with Crippen LogP contribution in [-0.4, -0.2) is 19.6 Å². The van der Waals surface area contributed by atoms with E-state index in [1.54, 1.807) is 25.3 Å². The molecule has 1 N–H and O–H groups in total. The normalized spacial score (nSPS) is 11.0. The van der Waals surface area contributed by atoms with Gasteiger partial charge < -0.3 is 14.8 Å². The molecule has 0 aromatic heterocycles. The van der Waals surface area contributed by atoms with E-state index in [2.05, 4.69) is 28.2 Å². The third kappa shape index (κ3) is 8.10. The second-order valence-electron chi connectivity index (χ2n) is 7.14. The first-order valence-corrected chi connectivity index (χ1v) is 11.4. The molecule has 0 radical (unpaired) electrons. The predicted molar refractivity (Wildman–Crippen MR) is 128 cm³/mol. The molecule has 164 valence electrons. The van der Waals surface area contributed by atoms with Gasteiger partial charge in [-0.15, -0.1) is 0 Å². The van der Waals surface area contributed by atoms with Gasteiger partial charge in [-0.3, -0.25) is 4.79 Å². The van der Waals surface area contributed by atoms with Crippen molar-refractivity contribution in [3.05, 3.63) is 58.1 Å². The first-order chi connectivity index (χ1) is 15.1. The number of carbonyl (C=O) groups excluding carboxylic acids is 1. The Morgan fingerprint density at radius 1 is 1.13 bits per heavy atom. The van der Waals surface area contributed by atoms with E-state index >= 15 is 0 Å². The third-order valence-electron chi connectivity index (χ3n) is 4.70. The van der Waals surface area contributed by atoms with Gasteiger partial charge in [0, 0.05) is 5.69 Å². The average molecular weight is 485 g/mol. The number of amides is 1. The van der Waals surface area contributed by atoms with Gasteiger partial charge in [0.05, 0.1) is 18.2 Å². The molecule has 1 amide bonds. The van der Waals surface area contributed by atoms with E-state index in [1.165, 1.54) is 31.8 Å². The molecule has 0 bridgehead atoms. The number of nitrogens with zero attached hydrogens (tertiary/aromatic N) is 1. The lowest BCUT2D eigenvalue weighted by atomic mass is 10.1. The number of anilines is 1. The number of hydrogen-bond donors (Lipinski definition) is 1. The SMILES string of the molecule is CCCCCCCCOc1c(Br)cc(C=C(C#N)C(=O)Nc2ccccc2)cc1OC. The summed E-state index contributed by atoms with van der Waals surface area (Å²) in [5.74, 6) is 0.708. The van der Waals surface area contributed by atoms with E-state index in [4.69, 9.17) is 9.47 Å². The summed E-state index contributed by atoms with van der Waals surface area (Å²) in [6.07, 6.45) is 8.67. The summed E-state index contributed by atoms with van der Waals surface area (Å²) >= 11 is 3.53. The van der Waals surface area contributed by atoms with E-state index in [0.29, 0.717) is 33.8 Å². The largest absolute Gasteiger partial charge is 0.493 e. The van der Waals surface area contributed by atoms with E-state index in [1.807, 2.05) is 30.3 Å². The number of nitrogens with one attached hydrogen (secondary N) is 1. The fraction of sp³-hybridized carbons (Fsp3) is 0.360. The van der Waals surface area contributed by atoms with Gasteiger partial charge in [-0.1, -0.05) is 57.2 Å². The first kappa shape index (κ1) is 24.5. The number of halogens is 1. The van der Waals surface area contributed by atoms with Gasteiger partial charge in [0.1, 0.15) is 11.6 Å². The Morgan fingerprint density at radius 2 is 1.84 bits per heavy atom. The van der Waals surface area contributed by atoms with Crippen LogP contribution in [0.4, 0.5) is 5.69 Å². The topological polar surface area (TPSA) is 71.3 Å². The maximum Gasteiger partial charge on any atom is 0.266 e. The number of nitriles is 1. The number of unbranched alkanes of at least 4 members (excludes halogenated alkanes) is 5. The summed E-state index contributed by atoms with van der Waals surface area (Å²) in [4.78, 5) is 12.5. The lowest BCUT2D eigenvalue weighted by Gasteiger charge is -2.14. The molecule has 0 fully saturated rings. The number of methoxy groups -OCH3 is 1. The second kappa shape index (κ2) is 13.5. The molecule has 2 aromatic carbocycles. The van der Waals surface area contributed by atoms with E-state index in [0.717, 1.165) is 12.8 Å². The maximum atomic E-state index is 12.5. The van der Waals surface area contributed by atoms with Crippen molar-refractivity contribution >= 4 is 33.6 Å². The first-order valence-electron chi connectivity index (χ1n) is 10.6. The molecular formula is C25H29BrN2O3. The Hall–Kier alpha value is -2.78. The number of rotatable bonds is 12. The molecule has 0 aliphatic rings. The molecule has 2 rings (SSSR count). The summed E-state index contributed by atoms with van der Waals surface area (Å²) in [7, 11) is 1.57. The maximum absolute atomic E-state index is 12.5. The van der Waals surface area contributed by atoms with E-state index in [9.17, 15) is 10.1 Å². The number of carbonyl (C=O) groups is 1. The van der Waals surface area contributed by atoms with Crippen molar-refractivity contribution in [2.24, 2.45) is 0 Å². The molecule has 0 aliphatic carbocycles. The molecule has 5 nitrogen and oxygen atoms in total. The van der Waals surface area contributed by atoms with Crippen molar-refractivity contribution < 1.29 is 14.3 Å². The highest BCUT2D eigenvalue weighted by atomic mass is 79.9. The third-order valence-corrected chi connectivity index (χ3v) is 5.29. The van der Waals surface area contributed by atoms with Crippen LogP contribution in [0, 0.1) is 11.3 Å². The van der Waals surface area contributed by atoms with Crippen LogP contribution >= 0.6 is 15.9 Å². The molecular weight excluding hydrogens is 456 g/mol. The molecule has 0 aliphatic heterocycles. The van der Waals surface area contributed by atoms with Crippen LogP contribution in [0.25, 0.3) is 6.08 Å². The second-order valence-corrected chi connectivity index (χ2v) is 7.99. The average Bonchev–Trinajstić information content (AvgIpc) is 2.78. The molecule has 0 spiro atoms. The summed E-state index contributed by atoms with van der Waals surface area (Å²) in [6.45, 7) is 2.82. The highest BCUT2D eigenvalue weighted by Crippen LogP contribution is 2.37. The van der Waals surface area contributed by atoms with Crippen molar-refractivity contribution in [1.29, 1.82) is 5.26 Å². The lowest BCUT2D eigenvalue weighted by molar-refractivity contribution is -0.112. The monoisotopic (exact) mass is 484 g/mol. The van der Waals surface area contributed by atoms with Crippen molar-refractivity contribution in [1.82, 2.24) is 0 Å². The Balaban J connectivity index is 2.06. The number of ether oxygens (including phenoxy) is 2. The zero-order valence-corrected chi connectivity index (χ0v) is 19.7. The van der Waals surface area contributed by atoms with Gasteiger partial charge in [-0.25, -0.2) is 0 Å². The van der Waals surface area contributed by atoms with Gasteiger partial charge in [-0.05, 0) is 58.3 Å². The van der Waals surface area contributed by atoms with Crippen LogP contribution in [0.2, 0.25) is 0 Å². The van der Waals surface area contributed by atoms with Crippen LogP contribution < -0.4 is 14.8 Å². The fourth-order valence-electron chi connectivity index (χ4n) is 3.05. The van der Waals surface area contributed by atoms with E-state index < -0.39 is 5.91 Å². The van der Waals surface area contributed by atoms with Crippen LogP contribution in [0.1, 0.15) is 51.0 Å². The summed E-state index contributed by atoms with van der Waals surface area (Å²) < 4.78 is 12.1. The number of benzene rings is 2. The number of para-hydroxylation sites is 1. The van der Waals surface area contributed by atoms with Gasteiger partial charge in [0.25, 0.3) is 5.91 Å². The van der Waals surface area contributed by atoms with Gasteiger partial charge >= 0.3 is 0 Å². The molecule has 0 saturated heterocycles. The summed E-state index contributed by atoms with van der Waals surface area (Å²) in [6, 6.07) is 14.6. The van der Waals surface area contributed by atoms with Crippen molar-refractivity contribution in [3.63, 3.8) is 0 Å². The van der Waals surface area contributed by atoms with Gasteiger partial charge in [0.15, 0.2) is 11.5 Å². The summed E-state index contributed by atoms with van der Waals surface area (Å²) in [5.41, 5.74) is 1.29. The van der Waals surface area contributed by atoms with E-state index in [-0.39, 0.29) is 5.57 Å². The van der Waals surface area contributed by atoms with Crippen LogP contribution in [-0.2, 0) is 4.79 Å². The van der Waals surface area contributed by atoms with Crippen LogP contribution in [0.3, 0.4) is 0 Å². The number of hydrogen-bond acceptors (Lipinski definition) is 4. The zero-order chi connectivity index (χ0) is 22.5. The molecule has 31 heavy (non-hydrogen) atoms. The highest BCUT2D eigenvalue weighted by Gasteiger charge is 2.14. The zero-order valence-electron chi connectivity index (χ0n) is 18.1. The van der Waals surface area contributed by atoms with Crippen molar-refractivity contribution in [2.75, 3.05) is 19.0 Å². The minimum Gasteiger partial charge on any atom is -0.493 e. The van der Waals surface area contributed by atoms with Gasteiger partial charge in [-0.2, -0.15) is 5.26 Å². The predicted octanol–water partition coefficient (Wildman–Crippen LogP) is 6.74. The molecule has 0 atom stereocenters. The molecule has 0 heterocycles. The van der Waals surface area contributed by atoms with Crippen molar-refractivity contribution in [3.8, 4) is 17.6 Å². The minimum atomic E-state index is -0.466. The Morgan fingerprint density at radius 3 is 2.52 bits per heavy atom. The van der Waals surface area contributed by atoms with Crippen LogP contribution in [0.15, 0.2) is 52.5 Å². The molecule has 0 saturated carbocycles. The lowest BCUT2D eigenvalue weighted by Crippen LogP contribution is -2.13. The Bertz CT molecular complexity index is 920. The minimum absolute atomic E-state index is 0.00134. The Labute approximate surface area is 193 Å².